The molecular formula is C22H36O2Se. The van der Waals surface area contributed by atoms with Gasteiger partial charge in [-0.2, -0.15) is 0 Å². The average Bonchev–Trinajstić information content (AvgIpc) is 2.65. The molecule has 2 unspecified atom stereocenters. The van der Waals surface area contributed by atoms with Crippen LogP contribution in [0.4, 0.5) is 0 Å². The van der Waals surface area contributed by atoms with Crippen LogP contribution in [0.3, 0.4) is 0 Å². The number of benzene rings is 1. The molecule has 0 amide bonds. The first kappa shape index (κ1) is 22.4. The van der Waals surface area contributed by atoms with Gasteiger partial charge in [-0.25, -0.2) is 0 Å². The molecule has 0 saturated carbocycles. The van der Waals surface area contributed by atoms with Crippen LogP contribution in [-0.2, 0) is 4.79 Å². The Morgan fingerprint density at radius 2 is 1.60 bits per heavy atom. The number of aliphatic hydroxyl groups is 1. The molecule has 0 aromatic heterocycles. The first-order valence-electron chi connectivity index (χ1n) is 10.0. The van der Waals surface area contributed by atoms with E-state index in [1.54, 1.807) is 0 Å². The van der Waals surface area contributed by atoms with E-state index in [1.807, 2.05) is 19.9 Å². The summed E-state index contributed by atoms with van der Waals surface area (Å²) in [6.45, 7) is 6.03. The van der Waals surface area contributed by atoms with Gasteiger partial charge in [-0.1, -0.05) is 0 Å². The zero-order chi connectivity index (χ0) is 18.5. The Morgan fingerprint density at radius 3 is 2.20 bits per heavy atom. The molecule has 0 radical (unpaired) electrons. The fourth-order valence-electron chi connectivity index (χ4n) is 3.11. The van der Waals surface area contributed by atoms with Gasteiger partial charge in [0, 0.05) is 0 Å². The number of carbonyl (C=O) groups excluding carboxylic acids is 1. The normalized spacial score (nSPS) is 14.9. The third kappa shape index (κ3) is 9.03. The fraction of sp³-hybridized carbons (Fsp3) is 0.682. The van der Waals surface area contributed by atoms with Crippen LogP contribution in [0.2, 0.25) is 4.82 Å². The van der Waals surface area contributed by atoms with Crippen molar-refractivity contribution in [3.05, 3.63) is 30.3 Å². The SMILES string of the molecule is CCCCCCCCCC([Se]c1ccccc1)C(O)[C@H](C)C(=O)CC. The zero-order valence-electron chi connectivity index (χ0n) is 16.2. The molecule has 0 aliphatic heterocycles. The number of aliphatic hydroxyl groups excluding tert-OH is 1. The summed E-state index contributed by atoms with van der Waals surface area (Å²) >= 11 is 0.213. The molecule has 0 heterocycles. The molecule has 1 N–H and O–H groups in total. The van der Waals surface area contributed by atoms with Crippen molar-refractivity contribution in [1.29, 1.82) is 0 Å². The van der Waals surface area contributed by atoms with Crippen LogP contribution >= 0.6 is 0 Å². The van der Waals surface area contributed by atoms with Crippen molar-refractivity contribution in [2.75, 3.05) is 0 Å². The van der Waals surface area contributed by atoms with Gasteiger partial charge in [-0.15, -0.1) is 0 Å². The second-order valence-electron chi connectivity index (χ2n) is 6.98. The third-order valence-electron chi connectivity index (χ3n) is 4.87. The topological polar surface area (TPSA) is 37.3 Å². The predicted molar refractivity (Wildman–Crippen MR) is 109 cm³/mol. The Bertz CT molecular complexity index is 460. The maximum atomic E-state index is 12.0. The molecule has 1 rings (SSSR count). The molecule has 0 aliphatic carbocycles. The molecule has 0 fully saturated rings. The summed E-state index contributed by atoms with van der Waals surface area (Å²) in [6.07, 6.45) is 10.0. The van der Waals surface area contributed by atoms with Crippen molar-refractivity contribution in [3.8, 4) is 0 Å². The van der Waals surface area contributed by atoms with Crippen LogP contribution in [0.5, 0.6) is 0 Å². The van der Waals surface area contributed by atoms with Gasteiger partial charge in [0.05, 0.1) is 0 Å². The standard InChI is InChI=1S/C22H36O2Se/c1-4-6-7-8-9-10-14-17-21(22(24)18(3)20(23)5-2)25-19-15-12-11-13-16-19/h11-13,15-16,18,21-22,24H,4-10,14,17H2,1-3H3/t18-,21?,22?/m1/s1. The summed E-state index contributed by atoms with van der Waals surface area (Å²) in [7, 11) is 0. The summed E-state index contributed by atoms with van der Waals surface area (Å²) in [4.78, 5) is 12.3. The maximum absolute atomic E-state index is 12.0. The second kappa shape index (κ2) is 13.6. The van der Waals surface area contributed by atoms with Crippen LogP contribution < -0.4 is 4.46 Å². The van der Waals surface area contributed by atoms with E-state index < -0.39 is 6.10 Å². The summed E-state index contributed by atoms with van der Waals surface area (Å²) in [5.41, 5.74) is 0. The number of Topliss-reactive ketones (excluding diaryl/α,β-unsaturated/α-hetero) is 1. The quantitative estimate of drug-likeness (QED) is 0.348. The Labute approximate surface area is 161 Å². The first-order chi connectivity index (χ1) is 12.1. The van der Waals surface area contributed by atoms with Crippen molar-refractivity contribution in [3.63, 3.8) is 0 Å². The fourth-order valence-corrected chi connectivity index (χ4v) is 5.89. The Kier molecular flexibility index (Phi) is 12.2. The van der Waals surface area contributed by atoms with Crippen molar-refractivity contribution in [2.24, 2.45) is 5.92 Å². The first-order valence-corrected chi connectivity index (χ1v) is 11.9. The Balaban J connectivity index is 2.54. The van der Waals surface area contributed by atoms with Crippen LogP contribution in [0.25, 0.3) is 0 Å². The van der Waals surface area contributed by atoms with Gasteiger partial charge in [-0.05, 0) is 0 Å². The minimum absolute atomic E-state index is 0.181. The van der Waals surface area contributed by atoms with Crippen LogP contribution in [0, 0.1) is 5.92 Å². The van der Waals surface area contributed by atoms with Crippen molar-refractivity contribution in [1.82, 2.24) is 0 Å². The van der Waals surface area contributed by atoms with E-state index >= 15 is 0 Å². The van der Waals surface area contributed by atoms with E-state index in [0.717, 1.165) is 12.8 Å². The summed E-state index contributed by atoms with van der Waals surface area (Å²) in [6, 6.07) is 10.5. The molecule has 0 bridgehead atoms. The van der Waals surface area contributed by atoms with Gasteiger partial charge in [0.2, 0.25) is 0 Å². The molecule has 142 valence electrons. The molecule has 0 aliphatic rings. The minimum atomic E-state index is -0.507. The van der Waals surface area contributed by atoms with Gasteiger partial charge in [0.25, 0.3) is 0 Å². The van der Waals surface area contributed by atoms with Crippen LogP contribution in [-0.4, -0.2) is 32.0 Å². The van der Waals surface area contributed by atoms with Crippen LogP contribution in [0.15, 0.2) is 30.3 Å². The van der Waals surface area contributed by atoms with E-state index in [2.05, 4.69) is 31.2 Å². The number of rotatable bonds is 14. The number of unbranched alkanes of at least 4 members (excludes halogenated alkanes) is 6. The van der Waals surface area contributed by atoms with Gasteiger partial charge >= 0.3 is 161 Å². The predicted octanol–water partition coefficient (Wildman–Crippen LogP) is 4.92. The van der Waals surface area contributed by atoms with Crippen molar-refractivity contribution >= 4 is 25.2 Å². The number of hydrogen-bond donors (Lipinski definition) is 1. The van der Waals surface area contributed by atoms with Gasteiger partial charge < -0.3 is 0 Å². The molecule has 3 heteroatoms. The Morgan fingerprint density at radius 1 is 1.00 bits per heavy atom. The number of hydrogen-bond acceptors (Lipinski definition) is 2. The molecule has 0 spiro atoms. The number of carbonyl (C=O) groups is 1. The molecule has 0 saturated heterocycles. The van der Waals surface area contributed by atoms with E-state index in [4.69, 9.17) is 0 Å². The monoisotopic (exact) mass is 412 g/mol. The number of ketones is 1. The third-order valence-corrected chi connectivity index (χ3v) is 7.73. The van der Waals surface area contributed by atoms with E-state index in [1.165, 1.54) is 43.0 Å². The Hall–Kier alpha value is -0.631. The van der Waals surface area contributed by atoms with E-state index in [0.29, 0.717) is 6.42 Å². The summed E-state index contributed by atoms with van der Waals surface area (Å²) in [5.74, 6) is -0.0638. The van der Waals surface area contributed by atoms with E-state index in [-0.39, 0.29) is 31.5 Å². The summed E-state index contributed by atoms with van der Waals surface area (Å²) in [5, 5.41) is 10.8. The zero-order valence-corrected chi connectivity index (χ0v) is 18.0. The average molecular weight is 411 g/mol. The van der Waals surface area contributed by atoms with Gasteiger partial charge in [0.15, 0.2) is 0 Å². The molecule has 25 heavy (non-hydrogen) atoms. The van der Waals surface area contributed by atoms with Gasteiger partial charge in [-0.3, -0.25) is 0 Å². The van der Waals surface area contributed by atoms with E-state index in [9.17, 15) is 9.90 Å². The molecular weight excluding hydrogens is 375 g/mol. The second-order valence-corrected chi connectivity index (χ2v) is 9.73. The molecule has 1 aromatic carbocycles. The van der Waals surface area contributed by atoms with Gasteiger partial charge in [0.1, 0.15) is 0 Å². The molecule has 1 aromatic rings. The summed E-state index contributed by atoms with van der Waals surface area (Å²) < 4.78 is 1.32. The molecule has 3 atom stereocenters. The van der Waals surface area contributed by atoms with Crippen LogP contribution in [0.1, 0.15) is 78.6 Å². The van der Waals surface area contributed by atoms with Crippen molar-refractivity contribution in [2.45, 2.75) is 89.5 Å². The van der Waals surface area contributed by atoms with Crippen molar-refractivity contribution < 1.29 is 9.90 Å². The molecule has 2 nitrogen and oxygen atoms in total.